The third kappa shape index (κ3) is 3.78. The molecule has 2 aliphatic heterocycles. The number of imide groups is 1. The number of hydrogen-bond acceptors (Lipinski definition) is 6. The van der Waals surface area contributed by atoms with E-state index in [0.29, 0.717) is 23.7 Å². The van der Waals surface area contributed by atoms with E-state index >= 15 is 0 Å². The van der Waals surface area contributed by atoms with Gasteiger partial charge >= 0.3 is 6.03 Å². The van der Waals surface area contributed by atoms with Crippen molar-refractivity contribution in [3.05, 3.63) is 48.3 Å². The molecule has 2 saturated heterocycles. The molecule has 2 fully saturated rings. The summed E-state index contributed by atoms with van der Waals surface area (Å²) < 4.78 is 0. The van der Waals surface area contributed by atoms with Crippen molar-refractivity contribution < 1.29 is 14.4 Å². The Morgan fingerprint density at radius 1 is 1.14 bits per heavy atom. The lowest BCUT2D eigenvalue weighted by Crippen LogP contribution is -2.48. The van der Waals surface area contributed by atoms with Crippen LogP contribution in [0.25, 0.3) is 0 Å². The van der Waals surface area contributed by atoms with Gasteiger partial charge in [-0.1, -0.05) is 0 Å². The lowest BCUT2D eigenvalue weighted by atomic mass is 10.1. The molecule has 0 unspecified atom stereocenters. The third-order valence-electron chi connectivity index (χ3n) is 4.83. The topological polar surface area (TPSA) is 108 Å². The summed E-state index contributed by atoms with van der Waals surface area (Å²) in [7, 11) is 0. The summed E-state index contributed by atoms with van der Waals surface area (Å²) in [6.45, 7) is 1.51. The highest BCUT2D eigenvalue weighted by molar-refractivity contribution is 6.12. The molecule has 9 heteroatoms. The smallest absolute Gasteiger partial charge is 0.329 e. The molecule has 2 aliphatic rings. The number of benzene rings is 1. The summed E-state index contributed by atoms with van der Waals surface area (Å²) in [6, 6.07) is 7.97. The first kappa shape index (κ1) is 17.9. The highest BCUT2D eigenvalue weighted by Crippen LogP contribution is 2.19. The van der Waals surface area contributed by atoms with E-state index in [1.54, 1.807) is 42.7 Å². The molecule has 0 spiro atoms. The van der Waals surface area contributed by atoms with Gasteiger partial charge in [0.15, 0.2) is 0 Å². The van der Waals surface area contributed by atoms with E-state index in [4.69, 9.17) is 0 Å². The first-order valence-corrected chi connectivity index (χ1v) is 9.14. The van der Waals surface area contributed by atoms with E-state index in [1.807, 2.05) is 0 Å². The van der Waals surface area contributed by atoms with Crippen molar-refractivity contribution in [3.8, 4) is 0 Å². The fourth-order valence-corrected chi connectivity index (χ4v) is 3.44. The summed E-state index contributed by atoms with van der Waals surface area (Å²) in [5, 5.41) is 5.28. The minimum atomic E-state index is -0.451. The Morgan fingerprint density at radius 3 is 2.57 bits per heavy atom. The van der Waals surface area contributed by atoms with Crippen molar-refractivity contribution in [2.45, 2.75) is 18.9 Å². The van der Waals surface area contributed by atoms with Gasteiger partial charge in [0, 0.05) is 42.8 Å². The molecule has 2 N–H and O–H groups in total. The summed E-state index contributed by atoms with van der Waals surface area (Å²) in [6.07, 6.45) is 5.25. The number of anilines is 2. The van der Waals surface area contributed by atoms with Crippen molar-refractivity contribution in [3.63, 3.8) is 0 Å². The molecule has 4 rings (SSSR count). The average molecular weight is 380 g/mol. The van der Waals surface area contributed by atoms with Gasteiger partial charge in [-0.3, -0.25) is 19.8 Å². The molecule has 0 bridgehead atoms. The van der Waals surface area contributed by atoms with Crippen LogP contribution in [0.2, 0.25) is 0 Å². The summed E-state index contributed by atoms with van der Waals surface area (Å²) in [4.78, 5) is 47.6. The number of amides is 4. The van der Waals surface area contributed by atoms with Crippen LogP contribution in [0.1, 0.15) is 23.2 Å². The normalized spacial score (nSPS) is 19.5. The first-order chi connectivity index (χ1) is 13.6. The van der Waals surface area contributed by atoms with E-state index < -0.39 is 6.03 Å². The molecule has 1 atom stereocenters. The quantitative estimate of drug-likeness (QED) is 0.764. The molecular formula is C19H20N6O3. The van der Waals surface area contributed by atoms with E-state index in [2.05, 4.69) is 25.5 Å². The minimum absolute atomic E-state index is 0.00622. The van der Waals surface area contributed by atoms with Crippen LogP contribution in [0.4, 0.5) is 16.4 Å². The zero-order chi connectivity index (χ0) is 19.5. The highest BCUT2D eigenvalue weighted by Gasteiger charge is 2.28. The van der Waals surface area contributed by atoms with Crippen molar-refractivity contribution in [1.29, 1.82) is 0 Å². The standard InChI is InChI=1S/C19H20N6O3/c26-16-12-25(19(28)23-16)15-6-4-13(5-7-15)17(27)22-14-3-1-10-24(11-14)18-20-8-2-9-21-18/h2,4-9,14H,1,3,10-12H2,(H,22,27)(H,23,26,28)/t14-/m0/s1. The number of aromatic nitrogens is 2. The van der Waals surface area contributed by atoms with Gasteiger partial charge in [0.25, 0.3) is 5.91 Å². The van der Waals surface area contributed by atoms with Crippen molar-refractivity contribution in [2.75, 3.05) is 29.4 Å². The van der Waals surface area contributed by atoms with Gasteiger partial charge in [-0.15, -0.1) is 0 Å². The van der Waals surface area contributed by atoms with E-state index in [1.165, 1.54) is 4.90 Å². The highest BCUT2D eigenvalue weighted by atomic mass is 16.2. The molecule has 9 nitrogen and oxygen atoms in total. The molecule has 0 saturated carbocycles. The van der Waals surface area contributed by atoms with Crippen LogP contribution in [0, 0.1) is 0 Å². The number of piperidine rings is 1. The maximum absolute atomic E-state index is 12.6. The molecule has 144 valence electrons. The SMILES string of the molecule is O=C1CN(c2ccc(C(=O)N[C@H]3CCCN(c4ncccn4)C3)cc2)C(=O)N1. The number of hydrogen-bond donors (Lipinski definition) is 2. The Labute approximate surface area is 161 Å². The molecule has 0 aliphatic carbocycles. The van der Waals surface area contributed by atoms with Crippen molar-refractivity contribution >= 4 is 29.5 Å². The van der Waals surface area contributed by atoms with Crippen LogP contribution in [-0.4, -0.2) is 53.5 Å². The fraction of sp³-hybridized carbons (Fsp3) is 0.316. The maximum atomic E-state index is 12.6. The average Bonchev–Trinajstić information content (AvgIpc) is 3.07. The Hall–Kier alpha value is -3.49. The second-order valence-corrected chi connectivity index (χ2v) is 6.79. The van der Waals surface area contributed by atoms with Crippen molar-refractivity contribution in [1.82, 2.24) is 20.6 Å². The van der Waals surface area contributed by atoms with Gasteiger partial charge in [0.2, 0.25) is 11.9 Å². The van der Waals surface area contributed by atoms with Crippen molar-refractivity contribution in [2.24, 2.45) is 0 Å². The Morgan fingerprint density at radius 2 is 1.89 bits per heavy atom. The predicted octanol–water partition coefficient (Wildman–Crippen LogP) is 0.932. The Kier molecular flexibility index (Phi) is 4.88. The predicted molar refractivity (Wildman–Crippen MR) is 102 cm³/mol. The van der Waals surface area contributed by atoms with Gasteiger partial charge in [0.05, 0.1) is 0 Å². The number of urea groups is 1. The molecule has 1 aromatic carbocycles. The monoisotopic (exact) mass is 380 g/mol. The molecule has 4 amide bonds. The number of carbonyl (C=O) groups excluding carboxylic acids is 3. The number of rotatable bonds is 4. The zero-order valence-electron chi connectivity index (χ0n) is 15.2. The van der Waals surface area contributed by atoms with Gasteiger partial charge in [-0.05, 0) is 43.2 Å². The van der Waals surface area contributed by atoms with E-state index in [9.17, 15) is 14.4 Å². The van der Waals surface area contributed by atoms with E-state index in [-0.39, 0.29) is 24.4 Å². The summed E-state index contributed by atoms with van der Waals surface area (Å²) in [5.41, 5.74) is 1.08. The molecule has 2 aromatic rings. The van der Waals surface area contributed by atoms with Crippen LogP contribution < -0.4 is 20.4 Å². The number of carbonyl (C=O) groups is 3. The lowest BCUT2D eigenvalue weighted by Gasteiger charge is -2.33. The lowest BCUT2D eigenvalue weighted by molar-refractivity contribution is -0.117. The van der Waals surface area contributed by atoms with E-state index in [0.717, 1.165) is 19.4 Å². The van der Waals surface area contributed by atoms with Crippen LogP contribution in [0.15, 0.2) is 42.7 Å². The molecule has 0 radical (unpaired) electrons. The summed E-state index contributed by atoms with van der Waals surface area (Å²) in [5.74, 6) is 0.162. The zero-order valence-corrected chi connectivity index (χ0v) is 15.2. The molecule has 28 heavy (non-hydrogen) atoms. The van der Waals surface area contributed by atoms with Crippen LogP contribution in [0.5, 0.6) is 0 Å². The molecule has 3 heterocycles. The van der Waals surface area contributed by atoms with Gasteiger partial charge < -0.3 is 10.2 Å². The van der Waals surface area contributed by atoms with Gasteiger partial charge in [-0.2, -0.15) is 0 Å². The fourth-order valence-electron chi connectivity index (χ4n) is 3.44. The Bertz CT molecular complexity index is 886. The second kappa shape index (κ2) is 7.63. The molecule has 1 aromatic heterocycles. The second-order valence-electron chi connectivity index (χ2n) is 6.79. The van der Waals surface area contributed by atoms with Crippen LogP contribution in [-0.2, 0) is 4.79 Å². The molecular weight excluding hydrogens is 360 g/mol. The maximum Gasteiger partial charge on any atom is 0.329 e. The minimum Gasteiger partial charge on any atom is -0.348 e. The number of nitrogens with one attached hydrogen (secondary N) is 2. The van der Waals surface area contributed by atoms with Gasteiger partial charge in [0.1, 0.15) is 6.54 Å². The first-order valence-electron chi connectivity index (χ1n) is 9.14. The Balaban J connectivity index is 1.38. The van der Waals surface area contributed by atoms with Crippen LogP contribution in [0.3, 0.4) is 0 Å². The summed E-state index contributed by atoms with van der Waals surface area (Å²) >= 11 is 0. The third-order valence-corrected chi connectivity index (χ3v) is 4.83. The van der Waals surface area contributed by atoms with Crippen LogP contribution >= 0.6 is 0 Å². The number of nitrogens with zero attached hydrogens (tertiary/aromatic N) is 4. The largest absolute Gasteiger partial charge is 0.348 e. The van der Waals surface area contributed by atoms with Gasteiger partial charge in [-0.25, -0.2) is 14.8 Å².